The smallest absolute Gasteiger partial charge is 0.323 e. The summed E-state index contributed by atoms with van der Waals surface area (Å²) >= 11 is 0. The number of benzene rings is 1. The molecular formula is C12H18N6O3. The molecule has 2 rings (SSSR count). The van der Waals surface area contributed by atoms with Gasteiger partial charge in [-0.2, -0.15) is 0 Å². The highest BCUT2D eigenvalue weighted by Gasteiger charge is 2.26. The highest BCUT2D eigenvalue weighted by molar-refractivity contribution is 5.99. The second kappa shape index (κ2) is 5.92. The molecule has 0 saturated heterocycles. The van der Waals surface area contributed by atoms with Crippen LogP contribution in [0.2, 0.25) is 0 Å². The predicted molar refractivity (Wildman–Crippen MR) is 79.8 cm³/mol. The maximum Gasteiger partial charge on any atom is 0.323 e. The number of hydrogen-bond acceptors (Lipinski definition) is 8. The molecule has 1 aromatic carbocycles. The van der Waals surface area contributed by atoms with Crippen molar-refractivity contribution in [2.45, 2.75) is 0 Å². The molecule has 114 valence electrons. The molecule has 0 aliphatic carbocycles. The number of aromatic nitrogens is 2. The van der Waals surface area contributed by atoms with E-state index >= 15 is 0 Å². The molecule has 0 bridgehead atoms. The lowest BCUT2D eigenvalue weighted by Gasteiger charge is -2.16. The summed E-state index contributed by atoms with van der Waals surface area (Å²) < 4.78 is 4.69. The fraction of sp³-hybridized carbons (Fsp3) is 0.500. The van der Waals surface area contributed by atoms with Crippen LogP contribution >= 0.6 is 0 Å². The van der Waals surface area contributed by atoms with Crippen molar-refractivity contribution in [3.05, 3.63) is 16.2 Å². The van der Waals surface area contributed by atoms with Crippen LogP contribution in [0, 0.1) is 10.1 Å². The normalized spacial score (nSPS) is 11.1. The Kier molecular flexibility index (Phi) is 4.22. The highest BCUT2D eigenvalue weighted by Crippen LogP contribution is 2.37. The highest BCUT2D eigenvalue weighted by atomic mass is 16.6. The number of fused-ring (bicyclic) bond motifs is 1. The molecular weight excluding hydrogens is 276 g/mol. The number of nitrogens with zero attached hydrogens (tertiary/aromatic N) is 5. The van der Waals surface area contributed by atoms with Crippen molar-refractivity contribution in [1.29, 1.82) is 0 Å². The minimum absolute atomic E-state index is 0.102. The summed E-state index contributed by atoms with van der Waals surface area (Å²) in [6, 6.07) is 1.69. The zero-order chi connectivity index (χ0) is 15.6. The van der Waals surface area contributed by atoms with Gasteiger partial charge in [-0.05, 0) is 30.5 Å². The van der Waals surface area contributed by atoms with Crippen LogP contribution in [0.4, 0.5) is 17.1 Å². The number of hydrogen-bond donors (Lipinski definition) is 1. The minimum atomic E-state index is -0.467. The molecule has 0 aliphatic rings. The first kappa shape index (κ1) is 15.0. The van der Waals surface area contributed by atoms with Crippen LogP contribution in [-0.2, 0) is 0 Å². The fourth-order valence-electron chi connectivity index (χ4n) is 1.99. The van der Waals surface area contributed by atoms with E-state index in [0.29, 0.717) is 23.4 Å². The Morgan fingerprint density at radius 2 is 1.95 bits per heavy atom. The van der Waals surface area contributed by atoms with Crippen molar-refractivity contribution in [2.24, 2.45) is 0 Å². The third kappa shape index (κ3) is 3.02. The lowest BCUT2D eigenvalue weighted by Crippen LogP contribution is -2.21. The maximum absolute atomic E-state index is 11.3. The quantitative estimate of drug-likeness (QED) is 0.626. The Labute approximate surface area is 121 Å². The van der Waals surface area contributed by atoms with E-state index in [9.17, 15) is 10.1 Å². The number of nitrogens with one attached hydrogen (secondary N) is 1. The van der Waals surface area contributed by atoms with Crippen molar-refractivity contribution in [3.63, 3.8) is 0 Å². The molecule has 0 fully saturated rings. The van der Waals surface area contributed by atoms with Gasteiger partial charge in [0, 0.05) is 27.2 Å². The number of likely N-dealkylation sites (N-methyl/N-ethyl adjacent to an activating group) is 1. The first-order valence-electron chi connectivity index (χ1n) is 6.41. The molecule has 0 amide bonds. The summed E-state index contributed by atoms with van der Waals surface area (Å²) in [5.41, 5.74) is 1.54. The van der Waals surface area contributed by atoms with Gasteiger partial charge in [0.05, 0.1) is 10.6 Å². The molecule has 9 nitrogen and oxygen atoms in total. The summed E-state index contributed by atoms with van der Waals surface area (Å²) in [5.74, 6) is 0. The lowest BCUT2D eigenvalue weighted by molar-refractivity contribution is -0.382. The van der Waals surface area contributed by atoms with Gasteiger partial charge >= 0.3 is 5.69 Å². The van der Waals surface area contributed by atoms with E-state index in [4.69, 9.17) is 0 Å². The van der Waals surface area contributed by atoms with Crippen LogP contribution in [0.25, 0.3) is 11.0 Å². The van der Waals surface area contributed by atoms with E-state index in [1.54, 1.807) is 25.1 Å². The molecule has 1 aromatic heterocycles. The van der Waals surface area contributed by atoms with Crippen LogP contribution in [-0.4, -0.2) is 61.4 Å². The summed E-state index contributed by atoms with van der Waals surface area (Å²) in [5, 5.41) is 22.0. The van der Waals surface area contributed by atoms with E-state index in [0.717, 1.165) is 6.54 Å². The average Bonchev–Trinajstić information content (AvgIpc) is 2.86. The van der Waals surface area contributed by atoms with E-state index < -0.39 is 4.92 Å². The van der Waals surface area contributed by atoms with E-state index in [1.807, 2.05) is 19.0 Å². The summed E-state index contributed by atoms with van der Waals surface area (Å²) in [7, 11) is 7.42. The van der Waals surface area contributed by atoms with Crippen molar-refractivity contribution < 1.29 is 9.55 Å². The standard InChI is InChI=1S/C12H18N6O3/c1-16(2)6-5-13-8-7-9(17(3)4)12(18(19)20)11-10(8)14-21-15-11/h7,13H,5-6H2,1-4H3. The Morgan fingerprint density at radius 3 is 2.52 bits per heavy atom. The van der Waals surface area contributed by atoms with Crippen LogP contribution in [0.5, 0.6) is 0 Å². The van der Waals surface area contributed by atoms with Gasteiger partial charge in [-0.15, -0.1) is 0 Å². The summed E-state index contributed by atoms with van der Waals surface area (Å²) in [4.78, 5) is 14.5. The zero-order valence-corrected chi connectivity index (χ0v) is 12.5. The molecule has 21 heavy (non-hydrogen) atoms. The minimum Gasteiger partial charge on any atom is -0.382 e. The second-order valence-electron chi connectivity index (χ2n) is 5.13. The maximum atomic E-state index is 11.3. The molecule has 0 atom stereocenters. The van der Waals surface area contributed by atoms with E-state index in [-0.39, 0.29) is 11.2 Å². The van der Waals surface area contributed by atoms with Crippen molar-refractivity contribution in [3.8, 4) is 0 Å². The summed E-state index contributed by atoms with van der Waals surface area (Å²) in [6.45, 7) is 1.50. The average molecular weight is 294 g/mol. The number of anilines is 2. The SMILES string of the molecule is CN(C)CCNc1cc(N(C)C)c([N+](=O)[O-])c2nonc12. The van der Waals surface area contributed by atoms with Gasteiger partial charge in [0.1, 0.15) is 5.69 Å². The Morgan fingerprint density at radius 1 is 1.29 bits per heavy atom. The van der Waals surface area contributed by atoms with Crippen LogP contribution in [0.15, 0.2) is 10.7 Å². The van der Waals surface area contributed by atoms with Crippen molar-refractivity contribution >= 4 is 28.1 Å². The lowest BCUT2D eigenvalue weighted by atomic mass is 10.2. The van der Waals surface area contributed by atoms with Crippen molar-refractivity contribution in [1.82, 2.24) is 15.2 Å². The third-order valence-electron chi connectivity index (χ3n) is 3.03. The molecule has 2 aromatic rings. The van der Waals surface area contributed by atoms with Gasteiger partial charge < -0.3 is 15.1 Å². The molecule has 0 spiro atoms. The largest absolute Gasteiger partial charge is 0.382 e. The van der Waals surface area contributed by atoms with Gasteiger partial charge in [0.25, 0.3) is 0 Å². The zero-order valence-electron chi connectivity index (χ0n) is 12.5. The summed E-state index contributed by atoms with van der Waals surface area (Å²) in [6.07, 6.45) is 0. The Bertz CT molecular complexity index is 652. The second-order valence-corrected chi connectivity index (χ2v) is 5.13. The first-order valence-corrected chi connectivity index (χ1v) is 6.41. The first-order chi connectivity index (χ1) is 9.91. The third-order valence-corrected chi connectivity index (χ3v) is 3.03. The van der Waals surface area contributed by atoms with Gasteiger partial charge in [-0.25, -0.2) is 4.63 Å². The van der Waals surface area contributed by atoms with Gasteiger partial charge in [-0.3, -0.25) is 10.1 Å². The molecule has 0 aliphatic heterocycles. The monoisotopic (exact) mass is 294 g/mol. The molecule has 0 unspecified atom stereocenters. The topological polar surface area (TPSA) is 101 Å². The number of rotatable bonds is 6. The molecule has 0 saturated carbocycles. The van der Waals surface area contributed by atoms with Crippen LogP contribution in [0.3, 0.4) is 0 Å². The molecule has 1 heterocycles. The number of nitro groups is 1. The fourth-order valence-corrected chi connectivity index (χ4v) is 1.99. The van der Waals surface area contributed by atoms with E-state index in [2.05, 4.69) is 20.3 Å². The van der Waals surface area contributed by atoms with Gasteiger partial charge in [0.2, 0.25) is 5.52 Å². The van der Waals surface area contributed by atoms with Crippen LogP contribution in [0.1, 0.15) is 0 Å². The van der Waals surface area contributed by atoms with E-state index in [1.165, 1.54) is 0 Å². The van der Waals surface area contributed by atoms with Gasteiger partial charge in [0.15, 0.2) is 5.52 Å². The Balaban J connectivity index is 2.49. The Hall–Kier alpha value is -2.42. The number of nitro benzene ring substituents is 1. The molecule has 9 heteroatoms. The van der Waals surface area contributed by atoms with Crippen molar-refractivity contribution in [2.75, 3.05) is 51.5 Å². The van der Waals surface area contributed by atoms with Crippen LogP contribution < -0.4 is 10.2 Å². The van der Waals surface area contributed by atoms with Gasteiger partial charge in [-0.1, -0.05) is 0 Å². The molecule has 1 N–H and O–H groups in total. The molecule has 0 radical (unpaired) electrons. The predicted octanol–water partition coefficient (Wildman–Crippen LogP) is 1.17.